The molecule has 0 aliphatic carbocycles. The lowest BCUT2D eigenvalue weighted by atomic mass is 10.1. The Morgan fingerprint density at radius 3 is 2.65 bits per heavy atom. The number of nitrogens with one attached hydrogen (secondary N) is 1. The average molecular weight is 240 g/mol. The predicted molar refractivity (Wildman–Crippen MR) is 57.8 cm³/mol. The molecule has 1 rings (SSSR count). The fourth-order valence-corrected chi connectivity index (χ4v) is 1.25. The van der Waals surface area contributed by atoms with Gasteiger partial charge < -0.3 is 5.11 Å². The van der Waals surface area contributed by atoms with Gasteiger partial charge in [-0.1, -0.05) is 30.3 Å². The monoisotopic (exact) mass is 240 g/mol. The molecule has 1 atom stereocenters. The highest BCUT2D eigenvalue weighted by molar-refractivity contribution is 5.67. The first kappa shape index (κ1) is 13.1. The zero-order chi connectivity index (χ0) is 12.7. The van der Waals surface area contributed by atoms with Gasteiger partial charge in [0, 0.05) is 4.92 Å². The Bertz CT molecular complexity index is 382. The largest absolute Gasteiger partial charge is 0.479 e. The minimum Gasteiger partial charge on any atom is -0.479 e. The number of carbonyl (C=O) groups is 1. The molecular formula is C10H12N2O5. The summed E-state index contributed by atoms with van der Waals surface area (Å²) < 4.78 is 0. The van der Waals surface area contributed by atoms with E-state index < -0.39 is 23.5 Å². The molecule has 92 valence electrons. The van der Waals surface area contributed by atoms with Crippen LogP contribution in [0.5, 0.6) is 0 Å². The second kappa shape index (κ2) is 6.56. The van der Waals surface area contributed by atoms with E-state index in [4.69, 9.17) is 5.11 Å². The molecular weight excluding hydrogens is 228 g/mol. The highest BCUT2D eigenvalue weighted by Crippen LogP contribution is 2.12. The molecule has 7 nitrogen and oxygen atoms in total. The van der Waals surface area contributed by atoms with Crippen LogP contribution in [0.4, 0.5) is 0 Å². The average Bonchev–Trinajstić information content (AvgIpc) is 2.28. The van der Waals surface area contributed by atoms with Crippen molar-refractivity contribution in [1.29, 1.82) is 0 Å². The minimum atomic E-state index is -1.15. The van der Waals surface area contributed by atoms with Gasteiger partial charge in [0.05, 0.1) is 0 Å². The molecule has 1 unspecified atom stereocenters. The summed E-state index contributed by atoms with van der Waals surface area (Å²) in [7, 11) is 0. The summed E-state index contributed by atoms with van der Waals surface area (Å²) in [5.74, 6) is -1.15. The maximum Gasteiger partial charge on any atom is 0.331 e. The first-order valence-electron chi connectivity index (χ1n) is 4.85. The first-order chi connectivity index (χ1) is 8.09. The first-order valence-corrected chi connectivity index (χ1v) is 4.85. The highest BCUT2D eigenvalue weighted by atomic mass is 16.7. The maximum atomic E-state index is 10.5. The van der Waals surface area contributed by atoms with E-state index >= 15 is 0 Å². The Balaban J connectivity index is 2.61. The van der Waals surface area contributed by atoms with E-state index in [1.165, 1.54) is 0 Å². The summed E-state index contributed by atoms with van der Waals surface area (Å²) in [6, 6.07) is 7.98. The van der Waals surface area contributed by atoms with Gasteiger partial charge in [-0.3, -0.25) is 15.0 Å². The summed E-state index contributed by atoms with van der Waals surface area (Å²) in [5.41, 5.74) is 3.04. The smallest absolute Gasteiger partial charge is 0.331 e. The number of hydroxylamine groups is 1. The summed E-state index contributed by atoms with van der Waals surface area (Å²) in [6.07, 6.45) is 0. The fourth-order valence-electron chi connectivity index (χ4n) is 1.25. The van der Waals surface area contributed by atoms with Gasteiger partial charge in [-0.25, -0.2) is 4.79 Å². The predicted octanol–water partition coefficient (Wildman–Crippen LogP) is 0.610. The second-order valence-corrected chi connectivity index (χ2v) is 3.28. The number of nitro groups is 1. The van der Waals surface area contributed by atoms with E-state index in [0.717, 1.165) is 0 Å². The molecule has 0 aliphatic rings. The SMILES string of the molecule is O=C(O)CONC(C[N+](=O)[O-])c1ccccc1. The number of nitrogens with zero attached hydrogens (tertiary/aromatic N) is 1. The molecule has 0 saturated carbocycles. The van der Waals surface area contributed by atoms with Crippen LogP contribution < -0.4 is 5.48 Å². The zero-order valence-electron chi connectivity index (χ0n) is 8.91. The molecule has 1 aromatic rings. The Hall–Kier alpha value is -1.99. The molecule has 0 aromatic heterocycles. The third kappa shape index (κ3) is 5.05. The van der Waals surface area contributed by atoms with Crippen LogP contribution in [0.1, 0.15) is 11.6 Å². The van der Waals surface area contributed by atoms with Crippen LogP contribution in [0, 0.1) is 10.1 Å². The number of rotatable bonds is 7. The number of carboxylic acids is 1. The van der Waals surface area contributed by atoms with E-state index in [-0.39, 0.29) is 6.54 Å². The van der Waals surface area contributed by atoms with Crippen molar-refractivity contribution >= 4 is 5.97 Å². The summed E-state index contributed by atoms with van der Waals surface area (Å²) in [6.45, 7) is -0.940. The van der Waals surface area contributed by atoms with Crippen molar-refractivity contribution in [3.05, 3.63) is 46.0 Å². The lowest BCUT2D eigenvalue weighted by Crippen LogP contribution is -2.29. The molecule has 0 fully saturated rings. The van der Waals surface area contributed by atoms with Gasteiger partial charge in [0.25, 0.3) is 0 Å². The van der Waals surface area contributed by atoms with Crippen LogP contribution in [0.15, 0.2) is 30.3 Å². The van der Waals surface area contributed by atoms with Gasteiger partial charge in [-0.15, -0.1) is 0 Å². The van der Waals surface area contributed by atoms with Gasteiger partial charge in [0.15, 0.2) is 6.61 Å². The molecule has 0 aliphatic heterocycles. The van der Waals surface area contributed by atoms with Crippen LogP contribution in [0.2, 0.25) is 0 Å². The highest BCUT2D eigenvalue weighted by Gasteiger charge is 2.17. The standard InChI is InChI=1S/C10H12N2O5/c13-10(14)7-17-11-9(6-12(15)16)8-4-2-1-3-5-8/h1-5,9,11H,6-7H2,(H,13,14). The number of aliphatic carboxylic acids is 1. The number of benzene rings is 1. The van der Waals surface area contributed by atoms with E-state index in [1.54, 1.807) is 30.3 Å². The minimum absolute atomic E-state index is 0.385. The fraction of sp³-hybridized carbons (Fsp3) is 0.300. The van der Waals surface area contributed by atoms with Crippen molar-refractivity contribution in [3.63, 3.8) is 0 Å². The van der Waals surface area contributed by atoms with Gasteiger partial charge in [0.1, 0.15) is 6.04 Å². The van der Waals surface area contributed by atoms with E-state index in [9.17, 15) is 14.9 Å². The third-order valence-electron chi connectivity index (χ3n) is 1.95. The number of hydrogen-bond donors (Lipinski definition) is 2. The molecule has 1 aromatic carbocycles. The number of hydrogen-bond acceptors (Lipinski definition) is 5. The van der Waals surface area contributed by atoms with Gasteiger partial charge in [0.2, 0.25) is 6.54 Å². The molecule has 2 N–H and O–H groups in total. The maximum absolute atomic E-state index is 10.5. The van der Waals surface area contributed by atoms with Crippen LogP contribution >= 0.6 is 0 Å². The third-order valence-corrected chi connectivity index (χ3v) is 1.95. The summed E-state index contributed by atoms with van der Waals surface area (Å²) in [4.78, 5) is 24.9. The van der Waals surface area contributed by atoms with Crippen LogP contribution in [-0.4, -0.2) is 29.2 Å². The molecule has 0 amide bonds. The number of carboxylic acid groups (broad SMARTS) is 1. The van der Waals surface area contributed by atoms with E-state index in [0.29, 0.717) is 5.56 Å². The van der Waals surface area contributed by atoms with Crippen molar-refractivity contribution in [2.45, 2.75) is 6.04 Å². The molecule has 0 radical (unpaired) electrons. The molecule has 0 spiro atoms. The Morgan fingerprint density at radius 2 is 2.12 bits per heavy atom. The molecule has 0 heterocycles. The molecule has 17 heavy (non-hydrogen) atoms. The molecule has 7 heteroatoms. The second-order valence-electron chi connectivity index (χ2n) is 3.28. The van der Waals surface area contributed by atoms with Crippen molar-refractivity contribution in [2.24, 2.45) is 0 Å². The zero-order valence-corrected chi connectivity index (χ0v) is 8.91. The summed E-state index contributed by atoms with van der Waals surface area (Å²) >= 11 is 0. The molecule has 0 saturated heterocycles. The quantitative estimate of drug-likeness (QED) is 0.534. The van der Waals surface area contributed by atoms with Crippen LogP contribution in [-0.2, 0) is 9.63 Å². The Kier molecular flexibility index (Phi) is 5.05. The Morgan fingerprint density at radius 1 is 1.47 bits per heavy atom. The van der Waals surface area contributed by atoms with Crippen LogP contribution in [0.3, 0.4) is 0 Å². The molecule has 0 bridgehead atoms. The topological polar surface area (TPSA) is 102 Å². The van der Waals surface area contributed by atoms with Crippen molar-refractivity contribution in [2.75, 3.05) is 13.2 Å². The lowest BCUT2D eigenvalue weighted by Gasteiger charge is -2.14. The normalized spacial score (nSPS) is 12.0. The van der Waals surface area contributed by atoms with Crippen molar-refractivity contribution in [3.8, 4) is 0 Å². The van der Waals surface area contributed by atoms with E-state index in [2.05, 4.69) is 10.3 Å². The van der Waals surface area contributed by atoms with Crippen LogP contribution in [0.25, 0.3) is 0 Å². The van der Waals surface area contributed by atoms with Gasteiger partial charge >= 0.3 is 5.97 Å². The van der Waals surface area contributed by atoms with Gasteiger partial charge in [-0.2, -0.15) is 5.48 Å². The lowest BCUT2D eigenvalue weighted by molar-refractivity contribution is -0.486. The van der Waals surface area contributed by atoms with Crippen molar-refractivity contribution in [1.82, 2.24) is 5.48 Å². The Labute approximate surface area is 97.1 Å². The summed E-state index contributed by atoms with van der Waals surface area (Å²) in [5, 5.41) is 18.9. The van der Waals surface area contributed by atoms with Crippen molar-refractivity contribution < 1.29 is 19.7 Å². The van der Waals surface area contributed by atoms with Gasteiger partial charge in [-0.05, 0) is 5.56 Å². The van der Waals surface area contributed by atoms with E-state index in [1.807, 2.05) is 0 Å².